The third-order valence-corrected chi connectivity index (χ3v) is 4.96. The summed E-state index contributed by atoms with van der Waals surface area (Å²) in [5, 5.41) is 0. The number of alkyl halides is 1. The van der Waals surface area contributed by atoms with Crippen LogP contribution >= 0.6 is 15.9 Å². The van der Waals surface area contributed by atoms with Gasteiger partial charge < -0.3 is 4.74 Å². The van der Waals surface area contributed by atoms with Gasteiger partial charge in [0.25, 0.3) is 0 Å². The first-order valence-electron chi connectivity index (χ1n) is 7.49. The van der Waals surface area contributed by atoms with E-state index in [-0.39, 0.29) is 4.83 Å². The average molecular weight is 348 g/mol. The third kappa shape index (κ3) is 4.57. The Labute approximate surface area is 135 Å². The highest BCUT2D eigenvalue weighted by Gasteiger charge is 2.17. The zero-order chi connectivity index (χ0) is 15.1. The summed E-state index contributed by atoms with van der Waals surface area (Å²) in [4.78, 5) is 4.36. The van der Waals surface area contributed by atoms with Crippen molar-refractivity contribution in [3.63, 3.8) is 0 Å². The second-order valence-corrected chi connectivity index (χ2v) is 6.23. The molecule has 0 aliphatic heterocycles. The molecule has 21 heavy (non-hydrogen) atoms. The van der Waals surface area contributed by atoms with Gasteiger partial charge in [-0.15, -0.1) is 0 Å². The van der Waals surface area contributed by atoms with Crippen molar-refractivity contribution in [1.82, 2.24) is 4.98 Å². The SMILES string of the molecule is CCCCOc1ccc(C(Br)C(C)c2ccncc2)cc1. The molecular weight excluding hydrogens is 326 g/mol. The number of rotatable bonds is 7. The van der Waals surface area contributed by atoms with Crippen LogP contribution in [0.15, 0.2) is 48.8 Å². The van der Waals surface area contributed by atoms with E-state index in [0.717, 1.165) is 25.2 Å². The Bertz CT molecular complexity index is 527. The van der Waals surface area contributed by atoms with Gasteiger partial charge in [-0.3, -0.25) is 4.98 Å². The maximum absolute atomic E-state index is 5.70. The summed E-state index contributed by atoms with van der Waals surface area (Å²) in [6.07, 6.45) is 5.94. The zero-order valence-electron chi connectivity index (χ0n) is 12.6. The van der Waals surface area contributed by atoms with Gasteiger partial charge in [0.05, 0.1) is 6.61 Å². The minimum atomic E-state index is 0.282. The molecule has 1 aromatic carbocycles. The molecule has 2 atom stereocenters. The van der Waals surface area contributed by atoms with Crippen LogP contribution in [0.25, 0.3) is 0 Å². The molecule has 0 bridgehead atoms. The van der Waals surface area contributed by atoms with E-state index in [4.69, 9.17) is 4.74 Å². The van der Waals surface area contributed by atoms with Gasteiger partial charge in [-0.25, -0.2) is 0 Å². The standard InChI is InChI=1S/C18H22BrNO/c1-3-4-13-21-17-7-5-16(6-8-17)18(19)14(2)15-9-11-20-12-10-15/h5-12,14,18H,3-4,13H2,1-2H3. The van der Waals surface area contributed by atoms with Crippen molar-refractivity contribution in [2.45, 2.75) is 37.4 Å². The maximum atomic E-state index is 5.70. The fraction of sp³-hybridized carbons (Fsp3) is 0.389. The van der Waals surface area contributed by atoms with Crippen molar-refractivity contribution in [2.75, 3.05) is 6.61 Å². The van der Waals surface area contributed by atoms with Crippen LogP contribution in [0.1, 0.15) is 48.6 Å². The molecule has 112 valence electrons. The number of hydrogen-bond acceptors (Lipinski definition) is 2. The van der Waals surface area contributed by atoms with Crippen molar-refractivity contribution in [3.8, 4) is 5.75 Å². The summed E-state index contributed by atoms with van der Waals surface area (Å²) in [7, 11) is 0. The number of ether oxygens (including phenoxy) is 1. The van der Waals surface area contributed by atoms with Crippen molar-refractivity contribution in [1.29, 1.82) is 0 Å². The fourth-order valence-electron chi connectivity index (χ4n) is 2.21. The van der Waals surface area contributed by atoms with Crippen LogP contribution in [0, 0.1) is 0 Å². The van der Waals surface area contributed by atoms with E-state index in [9.17, 15) is 0 Å². The molecular formula is C18H22BrNO. The molecule has 0 N–H and O–H groups in total. The van der Waals surface area contributed by atoms with E-state index in [1.165, 1.54) is 11.1 Å². The molecule has 0 saturated carbocycles. The molecule has 1 heterocycles. The molecule has 2 aromatic rings. The van der Waals surface area contributed by atoms with Crippen LogP contribution in [0.4, 0.5) is 0 Å². The Morgan fingerprint density at radius 2 is 1.71 bits per heavy atom. The highest BCUT2D eigenvalue weighted by atomic mass is 79.9. The molecule has 1 aromatic heterocycles. The molecule has 0 spiro atoms. The van der Waals surface area contributed by atoms with Gasteiger partial charge >= 0.3 is 0 Å². The summed E-state index contributed by atoms with van der Waals surface area (Å²) in [6, 6.07) is 12.5. The maximum Gasteiger partial charge on any atom is 0.119 e. The third-order valence-electron chi connectivity index (χ3n) is 3.64. The second kappa shape index (κ2) is 8.18. The summed E-state index contributed by atoms with van der Waals surface area (Å²) < 4.78 is 5.70. The smallest absolute Gasteiger partial charge is 0.119 e. The molecule has 0 fully saturated rings. The summed E-state index contributed by atoms with van der Waals surface area (Å²) >= 11 is 3.82. The lowest BCUT2D eigenvalue weighted by molar-refractivity contribution is 0.309. The van der Waals surface area contributed by atoms with Gasteiger partial charge in [0, 0.05) is 17.2 Å². The number of unbranched alkanes of at least 4 members (excludes halogenated alkanes) is 1. The van der Waals surface area contributed by atoms with Gasteiger partial charge in [0.15, 0.2) is 0 Å². The molecule has 0 radical (unpaired) electrons. The van der Waals surface area contributed by atoms with Crippen LogP contribution in [-0.4, -0.2) is 11.6 Å². The van der Waals surface area contributed by atoms with Crippen molar-refractivity contribution in [2.24, 2.45) is 0 Å². The quantitative estimate of drug-likeness (QED) is 0.487. The number of hydrogen-bond donors (Lipinski definition) is 0. The molecule has 2 unspecified atom stereocenters. The Balaban J connectivity index is 2.01. The van der Waals surface area contributed by atoms with Gasteiger partial charge in [0.2, 0.25) is 0 Å². The lowest BCUT2D eigenvalue weighted by Gasteiger charge is -2.19. The topological polar surface area (TPSA) is 22.1 Å². The predicted molar refractivity (Wildman–Crippen MR) is 91.2 cm³/mol. The molecule has 0 saturated heterocycles. The van der Waals surface area contributed by atoms with Gasteiger partial charge in [-0.05, 0) is 47.7 Å². The Morgan fingerprint density at radius 1 is 1.05 bits per heavy atom. The zero-order valence-corrected chi connectivity index (χ0v) is 14.2. The normalized spacial score (nSPS) is 13.7. The first kappa shape index (κ1) is 16.0. The highest BCUT2D eigenvalue weighted by Crippen LogP contribution is 2.37. The predicted octanol–water partition coefficient (Wildman–Crippen LogP) is 5.50. The number of aromatic nitrogens is 1. The second-order valence-electron chi connectivity index (χ2n) is 5.24. The van der Waals surface area contributed by atoms with Gasteiger partial charge in [-0.2, -0.15) is 0 Å². The van der Waals surface area contributed by atoms with Crippen LogP contribution in [0.2, 0.25) is 0 Å². The van der Waals surface area contributed by atoms with E-state index < -0.39 is 0 Å². The molecule has 2 rings (SSSR count). The Morgan fingerprint density at radius 3 is 2.33 bits per heavy atom. The van der Waals surface area contributed by atoms with Crippen molar-refractivity contribution >= 4 is 15.9 Å². The molecule has 0 amide bonds. The first-order chi connectivity index (χ1) is 10.2. The number of benzene rings is 1. The summed E-state index contributed by atoms with van der Waals surface area (Å²) in [5.74, 6) is 1.34. The van der Waals surface area contributed by atoms with Crippen LogP contribution in [0.3, 0.4) is 0 Å². The molecule has 0 aliphatic rings. The van der Waals surface area contributed by atoms with Crippen molar-refractivity contribution in [3.05, 3.63) is 59.9 Å². The van der Waals surface area contributed by atoms with Gasteiger partial charge in [0.1, 0.15) is 5.75 Å². The lowest BCUT2D eigenvalue weighted by atomic mass is 9.94. The average Bonchev–Trinajstić information content (AvgIpc) is 2.55. The van der Waals surface area contributed by atoms with E-state index >= 15 is 0 Å². The largest absolute Gasteiger partial charge is 0.494 e. The summed E-state index contributed by atoms with van der Waals surface area (Å²) in [6.45, 7) is 5.18. The minimum Gasteiger partial charge on any atom is -0.494 e. The van der Waals surface area contributed by atoms with Gasteiger partial charge in [-0.1, -0.05) is 48.3 Å². The fourth-order valence-corrected chi connectivity index (χ4v) is 2.82. The minimum absolute atomic E-state index is 0.282. The molecule has 3 heteroatoms. The number of nitrogens with zero attached hydrogens (tertiary/aromatic N) is 1. The highest BCUT2D eigenvalue weighted by molar-refractivity contribution is 9.09. The van der Waals surface area contributed by atoms with Crippen LogP contribution in [0.5, 0.6) is 5.75 Å². The number of pyridine rings is 1. The Kier molecular flexibility index (Phi) is 6.24. The summed E-state index contributed by atoms with van der Waals surface area (Å²) in [5.41, 5.74) is 2.55. The number of halogens is 1. The Hall–Kier alpha value is -1.35. The van der Waals surface area contributed by atoms with Crippen LogP contribution < -0.4 is 4.74 Å². The molecule has 0 aliphatic carbocycles. The van der Waals surface area contributed by atoms with E-state index in [1.807, 2.05) is 12.4 Å². The van der Waals surface area contributed by atoms with E-state index in [0.29, 0.717) is 5.92 Å². The monoisotopic (exact) mass is 347 g/mol. The first-order valence-corrected chi connectivity index (χ1v) is 8.40. The van der Waals surface area contributed by atoms with E-state index in [1.54, 1.807) is 0 Å². The van der Waals surface area contributed by atoms with Crippen molar-refractivity contribution < 1.29 is 4.74 Å². The van der Waals surface area contributed by atoms with Crippen LogP contribution in [-0.2, 0) is 0 Å². The lowest BCUT2D eigenvalue weighted by Crippen LogP contribution is -2.02. The van der Waals surface area contributed by atoms with E-state index in [2.05, 4.69) is 71.2 Å². The molecule has 2 nitrogen and oxygen atoms in total.